The molecule has 2 aromatic heterocycles. The summed E-state index contributed by atoms with van der Waals surface area (Å²) in [6.07, 6.45) is -4.72. The number of nitrogens with one attached hydrogen (secondary N) is 2. The van der Waals surface area contributed by atoms with Crippen LogP contribution in [0.25, 0.3) is 0 Å². The maximum absolute atomic E-state index is 16.3. The van der Waals surface area contributed by atoms with Gasteiger partial charge in [0, 0.05) is 36.4 Å². The quantitative estimate of drug-likeness (QED) is 0.0168. The third-order valence-corrected chi connectivity index (χ3v) is 24.6. The maximum atomic E-state index is 16.3. The average Bonchev–Trinajstić information content (AvgIpc) is 1.73. The van der Waals surface area contributed by atoms with Crippen molar-refractivity contribution in [3.63, 3.8) is 0 Å². The molecule has 488 valence electrons. The second kappa shape index (κ2) is 28.2. The van der Waals surface area contributed by atoms with E-state index >= 15 is 4.57 Å². The minimum Gasteiger partial charge on any atom is -0.497 e. The minimum atomic E-state index is -5.21. The van der Waals surface area contributed by atoms with Gasteiger partial charge in [0.25, 0.3) is 29.6 Å². The normalized spacial score (nSPS) is 20.0. The number of phosphoric acid groups is 1. The highest BCUT2D eigenvalue weighted by Crippen LogP contribution is 2.56. The molecule has 22 nitrogen and oxygen atoms in total. The Hall–Kier alpha value is -8.15. The van der Waals surface area contributed by atoms with Crippen LogP contribution in [0, 0.1) is 32.1 Å². The number of ether oxygens (including phenoxy) is 5. The van der Waals surface area contributed by atoms with Crippen molar-refractivity contribution < 1.29 is 58.8 Å². The molecule has 0 saturated carbocycles. The first-order chi connectivity index (χ1) is 44.5. The largest absolute Gasteiger partial charge is 0.497 e. The molecule has 6 aromatic carbocycles. The first kappa shape index (κ1) is 67.7. The molecule has 10 rings (SSSR count). The third-order valence-electron chi connectivity index (χ3n) is 16.8. The van der Waals surface area contributed by atoms with E-state index < -0.39 is 116 Å². The van der Waals surface area contributed by atoms with E-state index in [2.05, 4.69) is 9.97 Å². The van der Waals surface area contributed by atoms with E-state index in [9.17, 15) is 32.9 Å². The van der Waals surface area contributed by atoms with Crippen LogP contribution in [0.1, 0.15) is 85.9 Å². The van der Waals surface area contributed by atoms with Gasteiger partial charge in [0.05, 0.1) is 57.5 Å². The topological polar surface area (TPSA) is 277 Å². The van der Waals surface area contributed by atoms with Crippen molar-refractivity contribution >= 4 is 36.6 Å². The predicted molar refractivity (Wildman–Crippen MR) is 348 cm³/mol. The summed E-state index contributed by atoms with van der Waals surface area (Å²) in [6, 6.07) is 51.0. The number of benzene rings is 6. The van der Waals surface area contributed by atoms with E-state index in [1.54, 1.807) is 57.5 Å². The number of hydrogen-bond donors (Lipinski definition) is 2. The van der Waals surface area contributed by atoms with Gasteiger partial charge in [-0.2, -0.15) is 13.7 Å². The zero-order chi connectivity index (χ0) is 66.3. The van der Waals surface area contributed by atoms with Gasteiger partial charge in [0.1, 0.15) is 54.0 Å². The Bertz CT molecular complexity index is 4270. The van der Waals surface area contributed by atoms with Crippen LogP contribution in [0.3, 0.4) is 0 Å². The van der Waals surface area contributed by atoms with Crippen molar-refractivity contribution in [3.8, 4) is 17.6 Å². The van der Waals surface area contributed by atoms with Crippen molar-refractivity contribution in [2.75, 3.05) is 40.6 Å². The molecular formula is C68H74N5O17PSSi. The SMILES string of the molecule is COc1ccc(C(OC[C@H]2O[C@@H](n3cc(C)c(=O)[nH]c3=O)C[C@@H]2OP(=O)(OCCC#N)OC[C@]2(COS(=O)(=O)c3ccc(C)cc3)O[C@@H](n3cc(C)c(=O)[nH]c3=O)C[C@@H]2O[Si](c2ccccc2)(c2ccccc2)C(C)(C)C)(c2ccccc2)c2ccc(OC)cc2)cc1. The summed E-state index contributed by atoms with van der Waals surface area (Å²) in [5.74, 6) is 1.14. The van der Waals surface area contributed by atoms with Gasteiger partial charge in [-0.05, 0) is 89.3 Å². The highest BCUT2D eigenvalue weighted by atomic mass is 32.2. The van der Waals surface area contributed by atoms with E-state index in [-0.39, 0.29) is 41.9 Å². The molecule has 2 N–H and O–H groups in total. The Kier molecular flexibility index (Phi) is 20.5. The molecule has 2 fully saturated rings. The molecule has 8 aromatic rings. The summed E-state index contributed by atoms with van der Waals surface area (Å²) in [4.78, 5) is 58.1. The van der Waals surface area contributed by atoms with E-state index in [0.29, 0.717) is 28.2 Å². The van der Waals surface area contributed by atoms with Gasteiger partial charge in [-0.25, -0.2) is 14.2 Å². The number of methoxy groups -OCH3 is 2. The molecule has 93 heavy (non-hydrogen) atoms. The smallest absolute Gasteiger partial charge is 0.475 e. The summed E-state index contributed by atoms with van der Waals surface area (Å²) >= 11 is 0. The van der Waals surface area contributed by atoms with Gasteiger partial charge in [-0.3, -0.25) is 46.4 Å². The molecule has 0 aliphatic carbocycles. The lowest BCUT2D eigenvalue weighted by Gasteiger charge is -2.47. The summed E-state index contributed by atoms with van der Waals surface area (Å²) in [5.41, 5.74) is -3.58. The Morgan fingerprint density at radius 1 is 0.667 bits per heavy atom. The molecule has 7 atom stereocenters. The number of nitriles is 1. The second-order valence-electron chi connectivity index (χ2n) is 23.9. The number of aromatic amines is 2. The Balaban J connectivity index is 1.12. The van der Waals surface area contributed by atoms with Gasteiger partial charge in [-0.15, -0.1) is 0 Å². The Labute approximate surface area is 539 Å². The maximum Gasteiger partial charge on any atom is 0.475 e. The van der Waals surface area contributed by atoms with Gasteiger partial charge < -0.3 is 28.1 Å². The number of rotatable bonds is 26. The molecule has 4 heterocycles. The lowest BCUT2D eigenvalue weighted by Crippen LogP contribution is -2.69. The number of H-pyrrole nitrogens is 2. The van der Waals surface area contributed by atoms with Gasteiger partial charge in [0.2, 0.25) is 0 Å². The summed E-state index contributed by atoms with van der Waals surface area (Å²) in [6.45, 7) is 8.18. The Morgan fingerprint density at radius 2 is 1.17 bits per heavy atom. The number of aryl methyl sites for hydroxylation is 3. The van der Waals surface area contributed by atoms with Crippen LogP contribution in [0.4, 0.5) is 0 Å². The summed E-state index contributed by atoms with van der Waals surface area (Å²) in [5, 5.41) is 10.8. The van der Waals surface area contributed by atoms with Crippen LogP contribution in [-0.4, -0.2) is 100 Å². The van der Waals surface area contributed by atoms with Gasteiger partial charge in [-0.1, -0.05) is 154 Å². The molecule has 0 spiro atoms. The molecule has 0 bridgehead atoms. The minimum absolute atomic E-state index is 0.141. The molecule has 1 unspecified atom stereocenters. The number of nitrogens with zero attached hydrogens (tertiary/aromatic N) is 3. The van der Waals surface area contributed by atoms with Crippen LogP contribution < -0.4 is 42.3 Å². The molecular weight excluding hydrogens is 1250 g/mol. The summed E-state index contributed by atoms with van der Waals surface area (Å²) in [7, 11) is -10.5. The fourth-order valence-corrected chi connectivity index (χ4v) is 19.1. The zero-order valence-corrected chi connectivity index (χ0v) is 55.4. The van der Waals surface area contributed by atoms with E-state index in [1.165, 1.54) is 42.9 Å². The molecule has 2 aliphatic rings. The standard InChI is InChI=1S/C68H74N5O17PSSi/c1-46-25-35-54(36-26-46)92(79,80)86-45-67(59(40-61(88-67)73-42-48(3)63(75)71-65(73)77)90-93(66(4,5)6,55-21-14-10-15-22-55)56-23-16-11-17-24-56)44-85-91(78,84-38-18-37-69)89-57-39-60(72-41-47(2)62(74)70-64(72)76)87-58(57)43-83-68(49-19-12-9-13-20-49,50-27-31-52(81-7)32-28-50)51-29-33-53(82-8)34-30-51/h9-17,19-36,41-42,57-61H,18,38-40,43-45H2,1-8H3,(H,70,74,76)(H,71,75,77)/t57-,58+,59-,60+,61+,67+,91?/m0/s1. The van der Waals surface area contributed by atoms with Crippen molar-refractivity contribution in [2.24, 2.45) is 0 Å². The summed E-state index contributed by atoms with van der Waals surface area (Å²) < 4.78 is 113. The van der Waals surface area contributed by atoms with Crippen LogP contribution in [0.2, 0.25) is 5.04 Å². The fraction of sp³-hybridized carbons (Fsp3) is 0.338. The van der Waals surface area contributed by atoms with Crippen LogP contribution in [0.5, 0.6) is 11.5 Å². The van der Waals surface area contributed by atoms with E-state index in [4.69, 9.17) is 45.9 Å². The number of aromatic nitrogens is 4. The molecule has 2 aliphatic heterocycles. The van der Waals surface area contributed by atoms with Crippen LogP contribution >= 0.6 is 7.82 Å². The van der Waals surface area contributed by atoms with Crippen molar-refractivity contribution in [2.45, 2.75) is 113 Å². The average molecular weight is 1320 g/mol. The number of hydrogen-bond acceptors (Lipinski definition) is 18. The predicted octanol–water partition coefficient (Wildman–Crippen LogP) is 8.77. The first-order valence-electron chi connectivity index (χ1n) is 30.1. The lowest BCUT2D eigenvalue weighted by atomic mass is 9.80. The third kappa shape index (κ3) is 14.3. The van der Waals surface area contributed by atoms with Crippen LogP contribution in [-0.2, 0) is 56.7 Å². The molecule has 2 saturated heterocycles. The molecule has 0 radical (unpaired) electrons. The van der Waals surface area contributed by atoms with Gasteiger partial charge >= 0.3 is 19.2 Å². The first-order valence-corrected chi connectivity index (χ1v) is 34.9. The van der Waals surface area contributed by atoms with Gasteiger partial charge in [0.15, 0.2) is 0 Å². The Morgan fingerprint density at radius 3 is 1.68 bits per heavy atom. The second-order valence-corrected chi connectivity index (χ2v) is 31.4. The highest BCUT2D eigenvalue weighted by molar-refractivity contribution is 7.86. The van der Waals surface area contributed by atoms with Crippen molar-refractivity contribution in [1.82, 2.24) is 19.1 Å². The van der Waals surface area contributed by atoms with Crippen LogP contribution in [0.15, 0.2) is 200 Å². The van der Waals surface area contributed by atoms with E-state index in [1.807, 2.05) is 142 Å². The van der Waals surface area contributed by atoms with Crippen molar-refractivity contribution in [3.05, 3.63) is 251 Å². The highest BCUT2D eigenvalue weighted by Gasteiger charge is 2.60. The zero-order valence-electron chi connectivity index (χ0n) is 52.7. The molecule has 0 amide bonds. The fourth-order valence-electron chi connectivity index (χ4n) is 11.9. The lowest BCUT2D eigenvalue weighted by molar-refractivity contribution is -0.143. The molecule has 25 heteroatoms. The number of phosphoric ester groups is 1. The monoisotopic (exact) mass is 1320 g/mol. The van der Waals surface area contributed by atoms with Crippen molar-refractivity contribution in [1.29, 1.82) is 5.26 Å². The van der Waals surface area contributed by atoms with E-state index in [0.717, 1.165) is 20.5 Å².